The molecular formula is C11H15N3S. The Morgan fingerprint density at radius 1 is 1.60 bits per heavy atom. The zero-order chi connectivity index (χ0) is 10.7. The number of rotatable bonds is 4. The second kappa shape index (κ2) is 4.59. The molecule has 0 radical (unpaired) electrons. The average molecular weight is 221 g/mol. The Morgan fingerprint density at radius 3 is 3.13 bits per heavy atom. The third-order valence-corrected chi connectivity index (χ3v) is 3.33. The predicted molar refractivity (Wildman–Crippen MR) is 62.9 cm³/mol. The monoisotopic (exact) mass is 221 g/mol. The van der Waals surface area contributed by atoms with Crippen LogP contribution in [0.3, 0.4) is 0 Å². The lowest BCUT2D eigenvalue weighted by Gasteiger charge is -2.11. The quantitative estimate of drug-likeness (QED) is 0.861. The molecule has 0 aliphatic heterocycles. The summed E-state index contributed by atoms with van der Waals surface area (Å²) >= 11 is 1.76. The van der Waals surface area contributed by atoms with E-state index in [2.05, 4.69) is 34.0 Å². The summed E-state index contributed by atoms with van der Waals surface area (Å²) in [4.78, 5) is 5.49. The van der Waals surface area contributed by atoms with Crippen molar-refractivity contribution in [2.45, 2.75) is 25.9 Å². The van der Waals surface area contributed by atoms with Crippen LogP contribution >= 0.6 is 11.3 Å². The molecule has 0 fully saturated rings. The summed E-state index contributed by atoms with van der Waals surface area (Å²) in [7, 11) is 0. The van der Waals surface area contributed by atoms with Gasteiger partial charge in [0.05, 0.1) is 18.6 Å². The number of imidazole rings is 1. The van der Waals surface area contributed by atoms with E-state index in [1.54, 1.807) is 11.3 Å². The molecule has 0 aromatic carbocycles. The summed E-state index contributed by atoms with van der Waals surface area (Å²) in [6, 6.07) is 4.29. The molecule has 2 N–H and O–H groups in total. The fourth-order valence-corrected chi connectivity index (χ4v) is 2.25. The van der Waals surface area contributed by atoms with Crippen LogP contribution in [0, 0.1) is 0 Å². The van der Waals surface area contributed by atoms with Gasteiger partial charge in [0.15, 0.2) is 0 Å². The summed E-state index contributed by atoms with van der Waals surface area (Å²) in [6.45, 7) is 2.97. The van der Waals surface area contributed by atoms with Gasteiger partial charge in [-0.15, -0.1) is 11.3 Å². The smallest absolute Gasteiger partial charge is 0.0952 e. The zero-order valence-electron chi connectivity index (χ0n) is 8.76. The highest BCUT2D eigenvalue weighted by Gasteiger charge is 2.09. The Labute approximate surface area is 93.6 Å². The minimum absolute atomic E-state index is 0.0902. The van der Waals surface area contributed by atoms with E-state index in [1.165, 1.54) is 4.88 Å². The van der Waals surface area contributed by atoms with Gasteiger partial charge in [-0.05, 0) is 17.9 Å². The van der Waals surface area contributed by atoms with Gasteiger partial charge in [-0.1, -0.05) is 13.0 Å². The van der Waals surface area contributed by atoms with Gasteiger partial charge in [0, 0.05) is 17.1 Å². The molecule has 1 atom stereocenters. The van der Waals surface area contributed by atoms with Crippen LogP contribution in [0.4, 0.5) is 0 Å². The molecule has 2 heterocycles. The summed E-state index contributed by atoms with van der Waals surface area (Å²) in [5.41, 5.74) is 7.13. The fourth-order valence-electron chi connectivity index (χ4n) is 1.55. The topological polar surface area (TPSA) is 43.8 Å². The SMILES string of the molecule is CC[C@@H](N)c1cncn1Cc1cccs1. The van der Waals surface area contributed by atoms with Gasteiger partial charge in [-0.2, -0.15) is 0 Å². The van der Waals surface area contributed by atoms with Crippen molar-refractivity contribution in [3.05, 3.63) is 40.6 Å². The molecule has 80 valence electrons. The van der Waals surface area contributed by atoms with Crippen molar-refractivity contribution in [3.63, 3.8) is 0 Å². The van der Waals surface area contributed by atoms with Crippen molar-refractivity contribution in [1.29, 1.82) is 0 Å². The molecule has 2 rings (SSSR count). The highest BCUT2D eigenvalue weighted by molar-refractivity contribution is 7.09. The summed E-state index contributed by atoms with van der Waals surface area (Å²) in [6.07, 6.45) is 4.66. The second-order valence-electron chi connectivity index (χ2n) is 3.54. The van der Waals surface area contributed by atoms with Crippen LogP contribution in [0.1, 0.15) is 30.0 Å². The van der Waals surface area contributed by atoms with Gasteiger partial charge in [0.1, 0.15) is 0 Å². The Balaban J connectivity index is 2.18. The van der Waals surface area contributed by atoms with Crippen LogP contribution < -0.4 is 5.73 Å². The maximum absolute atomic E-state index is 6.01. The molecule has 0 spiro atoms. The number of nitrogens with two attached hydrogens (primary N) is 1. The molecule has 0 saturated heterocycles. The summed E-state index contributed by atoms with van der Waals surface area (Å²) < 4.78 is 2.12. The van der Waals surface area contributed by atoms with E-state index in [0.29, 0.717) is 0 Å². The minimum atomic E-state index is 0.0902. The summed E-state index contributed by atoms with van der Waals surface area (Å²) in [5, 5.41) is 2.09. The lowest BCUT2D eigenvalue weighted by Crippen LogP contribution is -2.14. The maximum atomic E-state index is 6.01. The first-order valence-corrected chi connectivity index (χ1v) is 5.97. The largest absolute Gasteiger partial charge is 0.328 e. The van der Waals surface area contributed by atoms with E-state index in [0.717, 1.165) is 18.7 Å². The van der Waals surface area contributed by atoms with E-state index in [4.69, 9.17) is 5.73 Å². The molecule has 0 amide bonds. The summed E-state index contributed by atoms with van der Waals surface area (Å²) in [5.74, 6) is 0. The van der Waals surface area contributed by atoms with Crippen LogP contribution in [-0.4, -0.2) is 9.55 Å². The van der Waals surface area contributed by atoms with Gasteiger partial charge in [0.25, 0.3) is 0 Å². The standard InChI is InChI=1S/C11H15N3S/c1-2-10(12)11-6-13-8-14(11)7-9-4-3-5-15-9/h3-6,8,10H,2,7,12H2,1H3/t10-/m1/s1. The first-order chi connectivity index (χ1) is 7.31. The van der Waals surface area contributed by atoms with Crippen LogP contribution in [0.2, 0.25) is 0 Å². The molecule has 0 aliphatic carbocycles. The Morgan fingerprint density at radius 2 is 2.47 bits per heavy atom. The normalized spacial score (nSPS) is 12.9. The fraction of sp³-hybridized carbons (Fsp3) is 0.364. The third kappa shape index (κ3) is 2.27. The van der Waals surface area contributed by atoms with Crippen LogP contribution in [0.5, 0.6) is 0 Å². The van der Waals surface area contributed by atoms with Gasteiger partial charge in [-0.25, -0.2) is 4.98 Å². The Bertz CT molecular complexity index is 405. The maximum Gasteiger partial charge on any atom is 0.0952 e. The van der Waals surface area contributed by atoms with Crippen LogP contribution in [0.25, 0.3) is 0 Å². The number of hydrogen-bond acceptors (Lipinski definition) is 3. The number of thiophene rings is 1. The molecule has 0 bridgehead atoms. The Kier molecular flexibility index (Phi) is 3.18. The van der Waals surface area contributed by atoms with Crippen molar-refractivity contribution in [2.75, 3.05) is 0 Å². The van der Waals surface area contributed by atoms with Crippen LogP contribution in [-0.2, 0) is 6.54 Å². The second-order valence-corrected chi connectivity index (χ2v) is 4.57. The number of nitrogens with zero attached hydrogens (tertiary/aromatic N) is 2. The minimum Gasteiger partial charge on any atom is -0.328 e. The van der Waals surface area contributed by atoms with E-state index >= 15 is 0 Å². The van der Waals surface area contributed by atoms with E-state index in [9.17, 15) is 0 Å². The molecular weight excluding hydrogens is 206 g/mol. The van der Waals surface area contributed by atoms with E-state index in [-0.39, 0.29) is 6.04 Å². The zero-order valence-corrected chi connectivity index (χ0v) is 9.57. The molecule has 4 heteroatoms. The molecule has 3 nitrogen and oxygen atoms in total. The Hall–Kier alpha value is -1.13. The van der Waals surface area contributed by atoms with Crippen molar-refractivity contribution < 1.29 is 0 Å². The van der Waals surface area contributed by atoms with Crippen molar-refractivity contribution >= 4 is 11.3 Å². The molecule has 2 aromatic rings. The van der Waals surface area contributed by atoms with E-state index < -0.39 is 0 Å². The molecule has 15 heavy (non-hydrogen) atoms. The number of hydrogen-bond donors (Lipinski definition) is 1. The average Bonchev–Trinajstić information content (AvgIpc) is 2.88. The van der Waals surface area contributed by atoms with Gasteiger partial charge in [-0.3, -0.25) is 0 Å². The first-order valence-electron chi connectivity index (χ1n) is 5.09. The van der Waals surface area contributed by atoms with Gasteiger partial charge >= 0.3 is 0 Å². The number of aromatic nitrogens is 2. The van der Waals surface area contributed by atoms with Crippen molar-refractivity contribution in [2.24, 2.45) is 5.73 Å². The van der Waals surface area contributed by atoms with Crippen molar-refractivity contribution in [1.82, 2.24) is 9.55 Å². The van der Waals surface area contributed by atoms with Crippen LogP contribution in [0.15, 0.2) is 30.0 Å². The predicted octanol–water partition coefficient (Wildman–Crippen LogP) is 2.40. The van der Waals surface area contributed by atoms with Gasteiger partial charge < -0.3 is 10.3 Å². The highest BCUT2D eigenvalue weighted by atomic mass is 32.1. The van der Waals surface area contributed by atoms with Crippen molar-refractivity contribution in [3.8, 4) is 0 Å². The lowest BCUT2D eigenvalue weighted by molar-refractivity contribution is 0.621. The molecule has 0 aliphatic rings. The third-order valence-electron chi connectivity index (χ3n) is 2.47. The molecule has 0 saturated carbocycles. The molecule has 0 unspecified atom stereocenters. The van der Waals surface area contributed by atoms with Gasteiger partial charge in [0.2, 0.25) is 0 Å². The first kappa shape index (κ1) is 10.4. The van der Waals surface area contributed by atoms with E-state index in [1.807, 2.05) is 12.5 Å². The highest BCUT2D eigenvalue weighted by Crippen LogP contribution is 2.16. The molecule has 2 aromatic heterocycles. The lowest BCUT2D eigenvalue weighted by atomic mass is 10.2.